The summed E-state index contributed by atoms with van der Waals surface area (Å²) in [5.41, 5.74) is 0.733. The van der Waals surface area contributed by atoms with Crippen LogP contribution in [0.15, 0.2) is 53.4 Å². The number of halogens is 2. The van der Waals surface area contributed by atoms with Crippen molar-refractivity contribution in [1.82, 2.24) is 4.31 Å². The molecule has 2 rings (SSSR count). The van der Waals surface area contributed by atoms with Gasteiger partial charge in [0.25, 0.3) is 0 Å². The third-order valence-corrected chi connectivity index (χ3v) is 6.47. The van der Waals surface area contributed by atoms with Crippen molar-refractivity contribution in [2.75, 3.05) is 13.1 Å². The van der Waals surface area contributed by atoms with Crippen molar-refractivity contribution in [1.29, 1.82) is 0 Å². The molecule has 0 atom stereocenters. The van der Waals surface area contributed by atoms with Crippen molar-refractivity contribution < 1.29 is 22.3 Å². The van der Waals surface area contributed by atoms with E-state index in [0.29, 0.717) is 18.7 Å². The van der Waals surface area contributed by atoms with Crippen LogP contribution >= 0.6 is 11.6 Å². The summed E-state index contributed by atoms with van der Waals surface area (Å²) in [6.07, 6.45) is 2.67. The van der Waals surface area contributed by atoms with Crippen molar-refractivity contribution in [2.45, 2.75) is 25.3 Å². The number of hydrogen-bond donors (Lipinski definition) is 0. The first kappa shape index (κ1) is 22.1. The zero-order chi connectivity index (χ0) is 20.7. The summed E-state index contributed by atoms with van der Waals surface area (Å²) in [6, 6.07) is 10.4. The topological polar surface area (TPSA) is 63.7 Å². The Kier molecular flexibility index (Phi) is 7.74. The number of ether oxygens (including phenoxy) is 1. The zero-order valence-corrected chi connectivity index (χ0v) is 17.1. The number of sulfonamides is 1. The number of benzene rings is 2. The van der Waals surface area contributed by atoms with Gasteiger partial charge in [0.15, 0.2) is 0 Å². The molecule has 8 heteroatoms. The second kappa shape index (κ2) is 9.82. The van der Waals surface area contributed by atoms with Gasteiger partial charge in [-0.1, -0.05) is 43.6 Å². The third-order valence-electron chi connectivity index (χ3n) is 4.06. The van der Waals surface area contributed by atoms with Gasteiger partial charge in [-0.05, 0) is 35.9 Å². The van der Waals surface area contributed by atoms with Crippen molar-refractivity contribution >= 4 is 33.7 Å². The molecule has 2 aromatic rings. The van der Waals surface area contributed by atoms with Crippen LogP contribution in [-0.2, 0) is 26.2 Å². The van der Waals surface area contributed by atoms with Crippen LogP contribution in [-0.4, -0.2) is 31.8 Å². The molecule has 0 aliphatic heterocycles. The van der Waals surface area contributed by atoms with E-state index in [1.807, 2.05) is 0 Å². The van der Waals surface area contributed by atoms with Crippen molar-refractivity contribution in [2.24, 2.45) is 0 Å². The summed E-state index contributed by atoms with van der Waals surface area (Å²) in [4.78, 5) is 12.0. The molecule has 0 heterocycles. The summed E-state index contributed by atoms with van der Waals surface area (Å²) in [5.74, 6) is -1.21. The van der Waals surface area contributed by atoms with E-state index in [1.165, 1.54) is 46.8 Å². The van der Waals surface area contributed by atoms with Crippen molar-refractivity contribution in [3.05, 3.63) is 70.5 Å². The Bertz CT molecular complexity index is 934. The number of hydrogen-bond acceptors (Lipinski definition) is 4. The fourth-order valence-electron chi connectivity index (χ4n) is 2.49. The number of carbonyl (C=O) groups is 1. The molecule has 0 aliphatic carbocycles. The molecule has 28 heavy (non-hydrogen) atoms. The molecule has 0 aliphatic rings. The quantitative estimate of drug-likeness (QED) is 0.468. The van der Waals surface area contributed by atoms with E-state index >= 15 is 0 Å². The molecule has 0 radical (unpaired) electrons. The first-order chi connectivity index (χ1) is 13.3. The van der Waals surface area contributed by atoms with Gasteiger partial charge in [-0.15, -0.1) is 0 Å². The minimum Gasteiger partial charge on any atom is -0.457 e. The summed E-state index contributed by atoms with van der Waals surface area (Å²) < 4.78 is 44.9. The molecule has 0 unspecified atom stereocenters. The molecule has 5 nitrogen and oxygen atoms in total. The Labute approximate surface area is 169 Å². The Morgan fingerprint density at radius 3 is 2.36 bits per heavy atom. The number of nitrogens with zero attached hydrogens (tertiary/aromatic N) is 1. The van der Waals surface area contributed by atoms with Gasteiger partial charge in [0, 0.05) is 24.7 Å². The van der Waals surface area contributed by atoms with Gasteiger partial charge in [-0.3, -0.25) is 0 Å². The standard InChI is InChI=1S/C20H21ClFNO4S/c1-3-23(4-2)28(25,26)16-11-8-15(9-12-16)10-13-20(24)27-14-17-18(21)6-5-7-19(17)22/h5-13H,3-4,14H2,1-2H3/b13-10+. The summed E-state index contributed by atoms with van der Waals surface area (Å²) in [7, 11) is -3.53. The smallest absolute Gasteiger partial charge is 0.331 e. The lowest BCUT2D eigenvalue weighted by Crippen LogP contribution is -2.30. The normalized spacial score (nSPS) is 11.9. The third kappa shape index (κ3) is 5.41. The fourth-order valence-corrected chi connectivity index (χ4v) is 4.16. The molecule has 0 spiro atoms. The van der Waals surface area contributed by atoms with Crippen LogP contribution in [0.3, 0.4) is 0 Å². The SMILES string of the molecule is CCN(CC)S(=O)(=O)c1ccc(/C=C/C(=O)OCc2c(F)cccc2Cl)cc1. The van der Waals surface area contributed by atoms with Gasteiger partial charge in [0.2, 0.25) is 10.0 Å². The van der Waals surface area contributed by atoms with Gasteiger partial charge in [0.05, 0.1) is 9.92 Å². The fraction of sp³-hybridized carbons (Fsp3) is 0.250. The summed E-state index contributed by atoms with van der Waals surface area (Å²) in [5, 5.41) is 0.182. The highest BCUT2D eigenvalue weighted by Crippen LogP contribution is 2.20. The van der Waals surface area contributed by atoms with Gasteiger partial charge in [-0.2, -0.15) is 4.31 Å². The molecule has 150 valence electrons. The number of carbonyl (C=O) groups excluding carboxylic acids is 1. The van der Waals surface area contributed by atoms with Crippen LogP contribution in [0.5, 0.6) is 0 Å². The van der Waals surface area contributed by atoms with Gasteiger partial charge in [0.1, 0.15) is 12.4 Å². The minimum atomic E-state index is -3.53. The monoisotopic (exact) mass is 425 g/mol. The average Bonchev–Trinajstić information content (AvgIpc) is 2.67. The van der Waals surface area contributed by atoms with E-state index in [4.69, 9.17) is 16.3 Å². The largest absolute Gasteiger partial charge is 0.457 e. The Morgan fingerprint density at radius 2 is 1.79 bits per heavy atom. The predicted molar refractivity (Wildman–Crippen MR) is 107 cm³/mol. The molecule has 2 aromatic carbocycles. The van der Waals surface area contributed by atoms with Crippen molar-refractivity contribution in [3.63, 3.8) is 0 Å². The zero-order valence-electron chi connectivity index (χ0n) is 15.6. The average molecular weight is 426 g/mol. The van der Waals surface area contributed by atoms with Gasteiger partial charge >= 0.3 is 5.97 Å². The lowest BCUT2D eigenvalue weighted by Gasteiger charge is -2.18. The molecule has 0 fully saturated rings. The van der Waals surface area contributed by atoms with Crippen LogP contribution in [0.25, 0.3) is 6.08 Å². The van der Waals surface area contributed by atoms with E-state index in [-0.39, 0.29) is 22.1 Å². The lowest BCUT2D eigenvalue weighted by atomic mass is 10.2. The molecule has 0 N–H and O–H groups in total. The van der Waals surface area contributed by atoms with E-state index in [9.17, 15) is 17.6 Å². The number of esters is 1. The molecule has 0 amide bonds. The first-order valence-corrected chi connectivity index (χ1v) is 10.5. The predicted octanol–water partition coefficient (Wildman–Crippen LogP) is 4.27. The molecular weight excluding hydrogens is 405 g/mol. The Morgan fingerprint density at radius 1 is 1.14 bits per heavy atom. The summed E-state index contributed by atoms with van der Waals surface area (Å²) in [6.45, 7) is 4.04. The van der Waals surface area contributed by atoms with Crippen LogP contribution < -0.4 is 0 Å². The Hall–Kier alpha value is -2.22. The van der Waals surface area contributed by atoms with Crippen LogP contribution in [0.2, 0.25) is 5.02 Å². The number of rotatable bonds is 8. The lowest BCUT2D eigenvalue weighted by molar-refractivity contribution is -0.138. The second-order valence-electron chi connectivity index (χ2n) is 5.80. The van der Waals surface area contributed by atoms with Crippen LogP contribution in [0.4, 0.5) is 4.39 Å². The van der Waals surface area contributed by atoms with E-state index < -0.39 is 21.8 Å². The minimum absolute atomic E-state index is 0.108. The molecule has 0 bridgehead atoms. The maximum atomic E-state index is 13.6. The van der Waals surface area contributed by atoms with E-state index in [2.05, 4.69) is 0 Å². The second-order valence-corrected chi connectivity index (χ2v) is 8.14. The maximum Gasteiger partial charge on any atom is 0.331 e. The van der Waals surface area contributed by atoms with Crippen LogP contribution in [0, 0.1) is 5.82 Å². The molecule has 0 aromatic heterocycles. The first-order valence-electron chi connectivity index (χ1n) is 8.67. The Balaban J connectivity index is 2.01. The van der Waals surface area contributed by atoms with Crippen molar-refractivity contribution in [3.8, 4) is 0 Å². The highest BCUT2D eigenvalue weighted by Gasteiger charge is 2.20. The van der Waals surface area contributed by atoms with E-state index in [1.54, 1.807) is 26.0 Å². The van der Waals surface area contributed by atoms with Crippen LogP contribution in [0.1, 0.15) is 25.0 Å². The highest BCUT2D eigenvalue weighted by atomic mass is 35.5. The molecule has 0 saturated carbocycles. The highest BCUT2D eigenvalue weighted by molar-refractivity contribution is 7.89. The van der Waals surface area contributed by atoms with Gasteiger partial charge < -0.3 is 4.74 Å². The van der Waals surface area contributed by atoms with Gasteiger partial charge in [-0.25, -0.2) is 17.6 Å². The van der Waals surface area contributed by atoms with E-state index in [0.717, 1.165) is 0 Å². The molecular formula is C20H21ClFNO4S. The molecule has 0 saturated heterocycles. The summed E-state index contributed by atoms with van der Waals surface area (Å²) >= 11 is 5.88. The maximum absolute atomic E-state index is 13.6.